The van der Waals surface area contributed by atoms with Gasteiger partial charge in [0.15, 0.2) is 0 Å². The second-order valence-corrected chi connectivity index (χ2v) is 5.77. The maximum atomic E-state index is 7.91. The van der Waals surface area contributed by atoms with Crippen molar-refractivity contribution in [1.82, 2.24) is 0 Å². The Kier molecular flexibility index (Phi) is 3.62. The van der Waals surface area contributed by atoms with Crippen molar-refractivity contribution in [2.75, 3.05) is 6.26 Å². The first kappa shape index (κ1) is 13.3. The van der Waals surface area contributed by atoms with Gasteiger partial charge in [-0.3, -0.25) is 4.99 Å². The van der Waals surface area contributed by atoms with Gasteiger partial charge in [-0.05, 0) is 43.7 Å². The average Bonchev–Trinajstić information content (AvgIpc) is 2.37. The second kappa shape index (κ2) is 4.88. The minimum Gasteiger partial charge on any atom is -0.301 e. The van der Waals surface area contributed by atoms with E-state index in [1.807, 2.05) is 12.2 Å². The fraction of sp³-hybridized carbons (Fsp3) is 0.467. The van der Waals surface area contributed by atoms with Crippen LogP contribution >= 0.6 is 11.8 Å². The van der Waals surface area contributed by atoms with Crippen LogP contribution in [-0.4, -0.2) is 23.2 Å². The summed E-state index contributed by atoms with van der Waals surface area (Å²) in [5.41, 5.74) is 4.05. The lowest BCUT2D eigenvalue weighted by atomic mass is 9.84. The van der Waals surface area contributed by atoms with Crippen LogP contribution in [0.5, 0.6) is 0 Å². The molecule has 0 bridgehead atoms. The van der Waals surface area contributed by atoms with Crippen molar-refractivity contribution in [2.24, 2.45) is 4.99 Å². The predicted octanol–water partition coefficient (Wildman–Crippen LogP) is 4.15. The van der Waals surface area contributed by atoms with Gasteiger partial charge in [-0.15, -0.1) is 11.8 Å². The molecule has 1 atom stereocenters. The molecule has 0 spiro atoms. The first-order valence-corrected chi connectivity index (χ1v) is 7.64. The van der Waals surface area contributed by atoms with Gasteiger partial charge in [0, 0.05) is 10.5 Å². The van der Waals surface area contributed by atoms with Crippen LogP contribution in [0.3, 0.4) is 0 Å². The first-order valence-electron chi connectivity index (χ1n) is 6.41. The van der Waals surface area contributed by atoms with E-state index in [2.05, 4.69) is 33.1 Å². The zero-order valence-corrected chi connectivity index (χ0v) is 12.3. The molecule has 1 heterocycles. The number of nitrogens with one attached hydrogen (secondary N) is 1. The summed E-state index contributed by atoms with van der Waals surface area (Å²) in [6.07, 6.45) is 10.2. The van der Waals surface area contributed by atoms with Crippen molar-refractivity contribution in [3.63, 3.8) is 0 Å². The third-order valence-corrected chi connectivity index (χ3v) is 4.34. The molecule has 2 aliphatic rings. The standard InChI is InChI=1S/C15H20N2S/c1-5-10-9-15(3,6-2)17-14-12(10)7-11(16)8-13(14)18-4/h7-9,16H,5-6H2,1-4H3. The Bertz CT molecular complexity index is 509. The zero-order chi connectivity index (χ0) is 13.3. The summed E-state index contributed by atoms with van der Waals surface area (Å²) >= 11 is 1.68. The van der Waals surface area contributed by atoms with E-state index >= 15 is 0 Å². The predicted molar refractivity (Wildman–Crippen MR) is 81.9 cm³/mol. The topological polar surface area (TPSA) is 36.2 Å². The first-order chi connectivity index (χ1) is 8.53. The van der Waals surface area contributed by atoms with E-state index in [1.54, 1.807) is 11.8 Å². The van der Waals surface area contributed by atoms with Crippen LogP contribution in [0.2, 0.25) is 0 Å². The van der Waals surface area contributed by atoms with Gasteiger partial charge in [0.25, 0.3) is 0 Å². The van der Waals surface area contributed by atoms with Crippen LogP contribution in [0.4, 0.5) is 0 Å². The Morgan fingerprint density at radius 2 is 2.06 bits per heavy atom. The Morgan fingerprint density at radius 1 is 1.33 bits per heavy atom. The highest BCUT2D eigenvalue weighted by atomic mass is 32.2. The number of aliphatic imine (C=N–C) groups is 1. The van der Waals surface area contributed by atoms with E-state index in [0.717, 1.165) is 29.0 Å². The highest BCUT2D eigenvalue weighted by Gasteiger charge is 2.30. The van der Waals surface area contributed by atoms with E-state index in [4.69, 9.17) is 10.4 Å². The molecule has 2 rings (SSSR count). The number of dihydropyridines is 1. The molecular formula is C15H20N2S. The minimum absolute atomic E-state index is 0.0909. The Morgan fingerprint density at radius 3 is 2.61 bits per heavy atom. The third-order valence-electron chi connectivity index (χ3n) is 3.59. The maximum Gasteiger partial charge on any atom is 0.0797 e. The number of nitrogens with zero attached hydrogens (tertiary/aromatic N) is 1. The molecule has 0 amide bonds. The Hall–Kier alpha value is -1.09. The summed E-state index contributed by atoms with van der Waals surface area (Å²) in [5.74, 6) is 0. The Balaban J connectivity index is 2.56. The molecule has 0 aromatic rings. The number of hydrogen-bond acceptors (Lipinski definition) is 3. The molecule has 2 nitrogen and oxygen atoms in total. The molecule has 1 unspecified atom stereocenters. The molecule has 3 heteroatoms. The summed E-state index contributed by atoms with van der Waals surface area (Å²) < 4.78 is 0. The quantitative estimate of drug-likeness (QED) is 0.760. The van der Waals surface area contributed by atoms with Gasteiger partial charge in [0.2, 0.25) is 0 Å². The van der Waals surface area contributed by atoms with Crippen LogP contribution in [0.1, 0.15) is 33.6 Å². The highest BCUT2D eigenvalue weighted by molar-refractivity contribution is 8.03. The van der Waals surface area contributed by atoms with Crippen LogP contribution in [0.25, 0.3) is 0 Å². The molecule has 1 aliphatic carbocycles. The number of thioether (sulfide) groups is 1. The fourth-order valence-electron chi connectivity index (χ4n) is 2.34. The lowest BCUT2D eigenvalue weighted by molar-refractivity contribution is 0.559. The molecule has 0 aromatic carbocycles. The number of fused-ring (bicyclic) bond motifs is 1. The lowest BCUT2D eigenvalue weighted by Gasteiger charge is -2.31. The summed E-state index contributed by atoms with van der Waals surface area (Å²) in [4.78, 5) is 6.05. The SMILES string of the molecule is CCC1=CC(C)(CC)N=C2C(SC)=CC(=N)C=C12. The fourth-order valence-corrected chi connectivity index (χ4v) is 2.93. The van der Waals surface area contributed by atoms with Gasteiger partial charge in [-0.2, -0.15) is 0 Å². The number of hydrogen-bond donors (Lipinski definition) is 1. The van der Waals surface area contributed by atoms with Crippen molar-refractivity contribution in [1.29, 1.82) is 5.41 Å². The van der Waals surface area contributed by atoms with E-state index in [0.29, 0.717) is 5.71 Å². The number of rotatable bonds is 3. The zero-order valence-electron chi connectivity index (χ0n) is 11.5. The summed E-state index contributed by atoms with van der Waals surface area (Å²) in [6.45, 7) is 6.53. The smallest absolute Gasteiger partial charge is 0.0797 e. The third kappa shape index (κ3) is 2.24. The maximum absolute atomic E-state index is 7.91. The molecule has 0 radical (unpaired) electrons. The summed E-state index contributed by atoms with van der Waals surface area (Å²) in [7, 11) is 0. The molecule has 1 N–H and O–H groups in total. The normalized spacial score (nSPS) is 27.0. The van der Waals surface area contributed by atoms with Gasteiger partial charge < -0.3 is 5.41 Å². The van der Waals surface area contributed by atoms with Crippen LogP contribution in [0, 0.1) is 5.41 Å². The molecule has 0 aromatic heterocycles. The molecule has 96 valence electrons. The van der Waals surface area contributed by atoms with Crippen molar-refractivity contribution < 1.29 is 0 Å². The van der Waals surface area contributed by atoms with E-state index < -0.39 is 0 Å². The second-order valence-electron chi connectivity index (χ2n) is 4.92. The van der Waals surface area contributed by atoms with Crippen molar-refractivity contribution in [3.8, 4) is 0 Å². The van der Waals surface area contributed by atoms with Gasteiger partial charge in [-0.1, -0.05) is 19.9 Å². The van der Waals surface area contributed by atoms with Crippen molar-refractivity contribution in [2.45, 2.75) is 39.2 Å². The monoisotopic (exact) mass is 260 g/mol. The van der Waals surface area contributed by atoms with E-state index in [1.165, 1.54) is 5.57 Å². The summed E-state index contributed by atoms with van der Waals surface area (Å²) in [6, 6.07) is 0. The van der Waals surface area contributed by atoms with E-state index in [-0.39, 0.29) is 5.54 Å². The van der Waals surface area contributed by atoms with Gasteiger partial charge in [0.1, 0.15) is 0 Å². The van der Waals surface area contributed by atoms with Gasteiger partial charge in [-0.25, -0.2) is 0 Å². The molecule has 0 saturated heterocycles. The molecular weight excluding hydrogens is 240 g/mol. The van der Waals surface area contributed by atoms with Crippen molar-refractivity contribution >= 4 is 23.2 Å². The summed E-state index contributed by atoms with van der Waals surface area (Å²) in [5, 5.41) is 7.91. The molecule has 0 fully saturated rings. The molecule has 18 heavy (non-hydrogen) atoms. The molecule has 1 aliphatic heterocycles. The van der Waals surface area contributed by atoms with Crippen LogP contribution in [0.15, 0.2) is 39.3 Å². The van der Waals surface area contributed by atoms with Gasteiger partial charge >= 0.3 is 0 Å². The number of allylic oxidation sites excluding steroid dienone is 5. The average molecular weight is 260 g/mol. The van der Waals surface area contributed by atoms with Gasteiger partial charge in [0.05, 0.1) is 17.0 Å². The van der Waals surface area contributed by atoms with Crippen LogP contribution in [-0.2, 0) is 0 Å². The Labute approximate surface area is 113 Å². The van der Waals surface area contributed by atoms with Crippen molar-refractivity contribution in [3.05, 3.63) is 34.3 Å². The van der Waals surface area contributed by atoms with E-state index in [9.17, 15) is 0 Å². The highest BCUT2D eigenvalue weighted by Crippen LogP contribution is 2.36. The lowest BCUT2D eigenvalue weighted by Crippen LogP contribution is -2.29. The largest absolute Gasteiger partial charge is 0.301 e. The van der Waals surface area contributed by atoms with Crippen LogP contribution < -0.4 is 0 Å². The molecule has 0 saturated carbocycles. The minimum atomic E-state index is -0.0909.